The van der Waals surface area contributed by atoms with E-state index in [4.69, 9.17) is 16.6 Å². The standard InChI is InChI=1S/C29H38ClN/c1-12-22-23(13-2)27(28(30)29(31-18(7)8)25(22)17(5)6)24-15-14-19(9)21(11)26(24)20(10)16(3)4/h14-15H,5,12-13H2,1-4,6-11H3. The van der Waals surface area contributed by atoms with Gasteiger partial charge >= 0.3 is 0 Å². The van der Waals surface area contributed by atoms with Crippen LogP contribution in [0.25, 0.3) is 22.3 Å². The van der Waals surface area contributed by atoms with Crippen molar-refractivity contribution in [1.82, 2.24) is 0 Å². The lowest BCUT2D eigenvalue weighted by atomic mass is 9.81. The Hall–Kier alpha value is -2.12. The topological polar surface area (TPSA) is 12.4 Å². The van der Waals surface area contributed by atoms with Crippen molar-refractivity contribution in [3.8, 4) is 11.1 Å². The molecule has 2 heteroatoms. The van der Waals surface area contributed by atoms with Gasteiger partial charge in [-0.15, -0.1) is 0 Å². The summed E-state index contributed by atoms with van der Waals surface area (Å²) in [5.74, 6) is 0. The molecule has 0 spiro atoms. The lowest BCUT2D eigenvalue weighted by Crippen LogP contribution is -2.05. The number of halogens is 1. The Kier molecular flexibility index (Phi) is 8.11. The summed E-state index contributed by atoms with van der Waals surface area (Å²) in [5, 5.41) is 0.735. The Morgan fingerprint density at radius 3 is 1.94 bits per heavy atom. The van der Waals surface area contributed by atoms with E-state index in [1.165, 1.54) is 44.5 Å². The molecule has 166 valence electrons. The van der Waals surface area contributed by atoms with Gasteiger partial charge in [0, 0.05) is 16.8 Å². The zero-order chi connectivity index (χ0) is 23.6. The van der Waals surface area contributed by atoms with Crippen LogP contribution in [0.4, 0.5) is 5.69 Å². The molecule has 0 fully saturated rings. The number of benzene rings is 2. The fourth-order valence-electron chi connectivity index (χ4n) is 4.41. The molecule has 2 aromatic rings. The van der Waals surface area contributed by atoms with Gasteiger partial charge < -0.3 is 0 Å². The first kappa shape index (κ1) is 25.1. The van der Waals surface area contributed by atoms with E-state index in [1.54, 1.807) is 0 Å². The van der Waals surface area contributed by atoms with Crippen molar-refractivity contribution < 1.29 is 0 Å². The van der Waals surface area contributed by atoms with Crippen LogP contribution >= 0.6 is 11.6 Å². The van der Waals surface area contributed by atoms with Crippen molar-refractivity contribution in [2.45, 2.75) is 82.1 Å². The molecule has 0 unspecified atom stereocenters. The summed E-state index contributed by atoms with van der Waals surface area (Å²) in [6.07, 6.45) is 1.83. The minimum absolute atomic E-state index is 0.735. The van der Waals surface area contributed by atoms with Crippen molar-refractivity contribution in [3.05, 3.63) is 62.7 Å². The lowest BCUT2D eigenvalue weighted by Gasteiger charge is -2.25. The smallest absolute Gasteiger partial charge is 0.0899 e. The number of nitrogens with zero attached hydrogens (tertiary/aromatic N) is 1. The molecular weight excluding hydrogens is 398 g/mol. The first-order valence-electron chi connectivity index (χ1n) is 11.3. The van der Waals surface area contributed by atoms with Crippen molar-refractivity contribution >= 4 is 34.1 Å². The molecule has 0 saturated heterocycles. The molecular formula is C29H38ClN. The number of aliphatic imine (C=N–C) groups is 1. The van der Waals surface area contributed by atoms with E-state index >= 15 is 0 Å². The number of hydrogen-bond donors (Lipinski definition) is 0. The van der Waals surface area contributed by atoms with Crippen LogP contribution in [0.3, 0.4) is 0 Å². The van der Waals surface area contributed by atoms with Crippen LogP contribution in [0.5, 0.6) is 0 Å². The summed E-state index contributed by atoms with van der Waals surface area (Å²) in [4.78, 5) is 4.91. The molecule has 0 aliphatic carbocycles. The molecule has 2 rings (SSSR count). The second-order valence-corrected chi connectivity index (χ2v) is 9.35. The van der Waals surface area contributed by atoms with Crippen LogP contribution in [0.1, 0.15) is 88.8 Å². The number of rotatable bonds is 6. The third kappa shape index (κ3) is 4.72. The van der Waals surface area contributed by atoms with E-state index in [2.05, 4.69) is 74.1 Å². The van der Waals surface area contributed by atoms with Gasteiger partial charge in [-0.2, -0.15) is 0 Å². The summed E-state index contributed by atoms with van der Waals surface area (Å²) >= 11 is 7.23. The second-order valence-electron chi connectivity index (χ2n) is 8.97. The summed E-state index contributed by atoms with van der Waals surface area (Å²) in [7, 11) is 0. The highest BCUT2D eigenvalue weighted by molar-refractivity contribution is 6.37. The Balaban J connectivity index is 3.22. The van der Waals surface area contributed by atoms with Gasteiger partial charge in [0.2, 0.25) is 0 Å². The highest BCUT2D eigenvalue weighted by Crippen LogP contribution is 2.48. The molecule has 0 aromatic heterocycles. The molecule has 0 N–H and O–H groups in total. The quantitative estimate of drug-likeness (QED) is 0.400. The largest absolute Gasteiger partial charge is 0.256 e. The van der Waals surface area contributed by atoms with E-state index in [0.29, 0.717) is 0 Å². The first-order chi connectivity index (χ1) is 14.5. The van der Waals surface area contributed by atoms with Gasteiger partial charge in [0.25, 0.3) is 0 Å². The molecule has 2 aromatic carbocycles. The summed E-state index contributed by atoms with van der Waals surface area (Å²) in [6, 6.07) is 4.46. The van der Waals surface area contributed by atoms with Gasteiger partial charge in [-0.05, 0) is 113 Å². The molecule has 0 heterocycles. The van der Waals surface area contributed by atoms with Gasteiger partial charge in [0.15, 0.2) is 0 Å². The molecule has 0 atom stereocenters. The molecule has 0 aliphatic heterocycles. The minimum atomic E-state index is 0.735. The zero-order valence-electron chi connectivity index (χ0n) is 21.1. The molecule has 0 radical (unpaired) electrons. The Morgan fingerprint density at radius 2 is 1.48 bits per heavy atom. The molecule has 1 nitrogen and oxygen atoms in total. The maximum atomic E-state index is 7.23. The van der Waals surface area contributed by atoms with Crippen LogP contribution < -0.4 is 0 Å². The van der Waals surface area contributed by atoms with Crippen LogP contribution in [0, 0.1) is 13.8 Å². The highest BCUT2D eigenvalue weighted by Gasteiger charge is 2.25. The number of hydrogen-bond acceptors (Lipinski definition) is 1. The SMILES string of the molecule is C=C(C)c1c(CC)c(CC)c(-c2ccc(C)c(C)c2C(C)=C(C)C)c(Cl)c1N=C(C)C. The van der Waals surface area contributed by atoms with Crippen molar-refractivity contribution in [2.24, 2.45) is 4.99 Å². The van der Waals surface area contributed by atoms with E-state index in [0.717, 1.165) is 46.0 Å². The van der Waals surface area contributed by atoms with Gasteiger partial charge in [-0.25, -0.2) is 0 Å². The van der Waals surface area contributed by atoms with E-state index < -0.39 is 0 Å². The monoisotopic (exact) mass is 435 g/mol. The van der Waals surface area contributed by atoms with E-state index in [9.17, 15) is 0 Å². The average Bonchev–Trinajstić information content (AvgIpc) is 2.69. The fourth-order valence-corrected chi connectivity index (χ4v) is 4.76. The van der Waals surface area contributed by atoms with Crippen LogP contribution in [0.2, 0.25) is 5.02 Å². The average molecular weight is 436 g/mol. The summed E-state index contributed by atoms with van der Waals surface area (Å²) in [5.41, 5.74) is 15.5. The lowest BCUT2D eigenvalue weighted by molar-refractivity contribution is 1.03. The third-order valence-corrected chi connectivity index (χ3v) is 6.60. The van der Waals surface area contributed by atoms with Crippen molar-refractivity contribution in [1.29, 1.82) is 0 Å². The Labute approximate surface area is 195 Å². The van der Waals surface area contributed by atoms with E-state index in [1.807, 2.05) is 13.8 Å². The first-order valence-corrected chi connectivity index (χ1v) is 11.6. The molecule has 31 heavy (non-hydrogen) atoms. The molecule has 0 bridgehead atoms. The van der Waals surface area contributed by atoms with Gasteiger partial charge in [0.1, 0.15) is 0 Å². The third-order valence-electron chi connectivity index (χ3n) is 6.23. The summed E-state index contributed by atoms with van der Waals surface area (Å²) in [6.45, 7) is 25.8. The predicted molar refractivity (Wildman–Crippen MR) is 142 cm³/mol. The Bertz CT molecular complexity index is 1090. The van der Waals surface area contributed by atoms with Gasteiger partial charge in [-0.1, -0.05) is 49.7 Å². The normalized spacial score (nSPS) is 10.8. The molecule has 0 saturated carbocycles. The van der Waals surface area contributed by atoms with E-state index in [-0.39, 0.29) is 0 Å². The maximum absolute atomic E-state index is 7.23. The predicted octanol–water partition coefficient (Wildman–Crippen LogP) is 9.71. The maximum Gasteiger partial charge on any atom is 0.0899 e. The highest BCUT2D eigenvalue weighted by atomic mass is 35.5. The molecule has 0 amide bonds. The van der Waals surface area contributed by atoms with Gasteiger partial charge in [-0.3, -0.25) is 4.99 Å². The van der Waals surface area contributed by atoms with Crippen molar-refractivity contribution in [3.63, 3.8) is 0 Å². The van der Waals surface area contributed by atoms with Crippen molar-refractivity contribution in [2.75, 3.05) is 0 Å². The van der Waals surface area contributed by atoms with Gasteiger partial charge in [0.05, 0.1) is 10.7 Å². The number of aryl methyl sites for hydroxylation is 1. The molecule has 0 aliphatic rings. The van der Waals surface area contributed by atoms with Crippen LogP contribution in [0.15, 0.2) is 29.3 Å². The van der Waals surface area contributed by atoms with Crippen LogP contribution in [-0.4, -0.2) is 5.71 Å². The second kappa shape index (κ2) is 10.0. The van der Waals surface area contributed by atoms with Crippen LogP contribution in [-0.2, 0) is 12.8 Å². The zero-order valence-corrected chi connectivity index (χ0v) is 21.9. The Morgan fingerprint density at radius 1 is 0.903 bits per heavy atom. The minimum Gasteiger partial charge on any atom is -0.256 e. The summed E-state index contributed by atoms with van der Waals surface area (Å²) < 4.78 is 0. The number of allylic oxidation sites excluding steroid dienone is 3. The fraction of sp³-hybridized carbons (Fsp3) is 0.414.